The number of hydrogen-bond donors (Lipinski definition) is 2. The number of halogens is 2. The summed E-state index contributed by atoms with van der Waals surface area (Å²) in [6, 6.07) is 7.59. The predicted molar refractivity (Wildman–Crippen MR) is 162 cm³/mol. The molecule has 11 nitrogen and oxygen atoms in total. The molecule has 45 heavy (non-hydrogen) atoms. The molecular weight excluding hydrogens is 606 g/mol. The lowest BCUT2D eigenvalue weighted by Crippen LogP contribution is -2.44. The number of carbonyl (C=O) groups excluding carboxylic acids is 2. The third-order valence-corrected chi connectivity index (χ3v) is 10.9. The van der Waals surface area contributed by atoms with E-state index in [4.69, 9.17) is 4.74 Å². The van der Waals surface area contributed by atoms with Gasteiger partial charge < -0.3 is 19.9 Å². The number of likely N-dealkylation sites (N-methyl/N-ethyl adjacent to an activating group) is 1. The van der Waals surface area contributed by atoms with Crippen molar-refractivity contribution in [3.05, 3.63) is 70.5 Å². The van der Waals surface area contributed by atoms with Crippen molar-refractivity contribution < 1.29 is 31.5 Å². The number of carbonyl (C=O) groups is 2. The molecule has 2 saturated heterocycles. The number of nitrogens with one attached hydrogen (secondary N) is 2. The van der Waals surface area contributed by atoms with Crippen molar-refractivity contribution in [1.82, 2.24) is 19.4 Å². The number of aromatic amines is 1. The first-order chi connectivity index (χ1) is 21.3. The fourth-order valence-corrected chi connectivity index (χ4v) is 8.01. The van der Waals surface area contributed by atoms with Crippen LogP contribution in [0.1, 0.15) is 47.6 Å². The van der Waals surface area contributed by atoms with Crippen LogP contribution in [-0.2, 0) is 38.1 Å². The van der Waals surface area contributed by atoms with Crippen molar-refractivity contribution in [2.45, 2.75) is 43.7 Å². The number of amides is 1. The molecule has 2 aromatic carbocycles. The molecular formula is C31H36F2N6O5S. The number of anilines is 2. The second kappa shape index (κ2) is 11.9. The predicted octanol–water partition coefficient (Wildman–Crippen LogP) is 3.28. The van der Waals surface area contributed by atoms with E-state index in [1.165, 1.54) is 0 Å². The van der Waals surface area contributed by atoms with Crippen LogP contribution in [0.25, 0.3) is 0 Å². The molecule has 3 aliphatic rings. The van der Waals surface area contributed by atoms with Crippen LogP contribution in [0.15, 0.2) is 41.3 Å². The highest BCUT2D eigenvalue weighted by atomic mass is 32.2. The Bertz CT molecular complexity index is 1730. The van der Waals surface area contributed by atoms with Gasteiger partial charge in [-0.1, -0.05) is 0 Å². The molecule has 1 amide bonds. The molecule has 6 rings (SSSR count). The number of Topliss-reactive ketones (excluding diaryl/α,β-unsaturated/α-hetero) is 1. The molecule has 2 fully saturated rings. The minimum absolute atomic E-state index is 0.135. The topological polar surface area (TPSA) is 128 Å². The van der Waals surface area contributed by atoms with E-state index in [2.05, 4.69) is 32.4 Å². The summed E-state index contributed by atoms with van der Waals surface area (Å²) in [7, 11) is -2.26. The Morgan fingerprint density at radius 2 is 1.80 bits per heavy atom. The number of ether oxygens (including phenoxy) is 1. The Labute approximate surface area is 260 Å². The van der Waals surface area contributed by atoms with Gasteiger partial charge in [-0.15, -0.1) is 0 Å². The summed E-state index contributed by atoms with van der Waals surface area (Å²) in [5.74, 6) is -2.82. The molecule has 1 atom stereocenters. The summed E-state index contributed by atoms with van der Waals surface area (Å²) >= 11 is 0. The van der Waals surface area contributed by atoms with E-state index in [1.54, 1.807) is 19.9 Å². The highest BCUT2D eigenvalue weighted by molar-refractivity contribution is 7.89. The normalized spacial score (nSPS) is 20.4. The van der Waals surface area contributed by atoms with Gasteiger partial charge in [-0.05, 0) is 57.6 Å². The smallest absolute Gasteiger partial charge is 0.244 e. The number of rotatable bonds is 8. The summed E-state index contributed by atoms with van der Waals surface area (Å²) < 4.78 is 61.5. The van der Waals surface area contributed by atoms with E-state index in [-0.39, 0.29) is 30.6 Å². The first-order valence-electron chi connectivity index (χ1n) is 14.9. The number of benzene rings is 2. The molecule has 14 heteroatoms. The number of sulfonamides is 1. The number of piperazine rings is 1. The van der Waals surface area contributed by atoms with Crippen molar-refractivity contribution in [2.75, 3.05) is 56.7 Å². The minimum atomic E-state index is -4.32. The molecule has 240 valence electrons. The van der Waals surface area contributed by atoms with Crippen molar-refractivity contribution in [2.24, 2.45) is 5.92 Å². The molecule has 2 N–H and O–H groups in total. The Kier molecular flexibility index (Phi) is 8.27. The number of nitrogens with zero attached hydrogens (tertiary/aromatic N) is 4. The number of fused-ring (bicyclic) bond motifs is 1. The molecule has 0 bridgehead atoms. The highest BCUT2D eigenvalue weighted by Gasteiger charge is 2.48. The number of hydrogen-bond acceptors (Lipinski definition) is 8. The van der Waals surface area contributed by atoms with Crippen molar-refractivity contribution in [3.8, 4) is 0 Å². The van der Waals surface area contributed by atoms with Crippen LogP contribution < -0.4 is 10.2 Å². The molecule has 0 radical (unpaired) electrons. The van der Waals surface area contributed by atoms with Gasteiger partial charge in [-0.2, -0.15) is 9.40 Å². The average molecular weight is 643 g/mol. The SMILES string of the molecule is CN1CCN(c2ccc(C(=O)Cc3[nH]nc4c3CN(S(=O)(=O)c3cc(F)cc(F)c3)C4(C)C)c(NC(=O)C3CCOC3)c2)CC1. The van der Waals surface area contributed by atoms with E-state index in [0.29, 0.717) is 53.9 Å². The first kappa shape index (κ1) is 31.3. The van der Waals surface area contributed by atoms with Crippen LogP contribution in [-0.4, -0.2) is 86.0 Å². The van der Waals surface area contributed by atoms with Crippen LogP contribution in [0.2, 0.25) is 0 Å². The van der Waals surface area contributed by atoms with Crippen LogP contribution >= 0.6 is 0 Å². The molecule has 4 heterocycles. The van der Waals surface area contributed by atoms with E-state index >= 15 is 0 Å². The van der Waals surface area contributed by atoms with E-state index in [9.17, 15) is 26.8 Å². The van der Waals surface area contributed by atoms with Crippen LogP contribution in [0.5, 0.6) is 0 Å². The summed E-state index contributed by atoms with van der Waals surface area (Å²) in [6.45, 7) is 7.39. The van der Waals surface area contributed by atoms with Gasteiger partial charge in [-0.3, -0.25) is 14.7 Å². The lowest BCUT2D eigenvalue weighted by molar-refractivity contribution is -0.119. The lowest BCUT2D eigenvalue weighted by atomic mass is 9.98. The number of aromatic nitrogens is 2. The van der Waals surface area contributed by atoms with E-state index < -0.39 is 32.1 Å². The quantitative estimate of drug-likeness (QED) is 0.359. The molecule has 3 aromatic rings. The van der Waals surface area contributed by atoms with Gasteiger partial charge in [-0.25, -0.2) is 17.2 Å². The Hall–Kier alpha value is -3.72. The molecule has 1 aromatic heterocycles. The standard InChI is InChI=1S/C31H36F2N6O5S/c1-31(2)29-25(17-39(31)45(42,43)23-13-20(32)12-21(33)14-23)27(35-36-29)16-28(40)24-5-4-22(38-9-7-37(3)8-10-38)15-26(24)34-30(41)19-6-11-44-18-19/h4-5,12-15,19H,6-11,16-18H2,1-3H3,(H,34,41)(H,35,36). The summed E-state index contributed by atoms with van der Waals surface area (Å²) in [6.07, 6.45) is 0.467. The average Bonchev–Trinajstić information content (AvgIpc) is 3.72. The third kappa shape index (κ3) is 5.99. The zero-order valence-electron chi connectivity index (χ0n) is 25.4. The maximum absolute atomic E-state index is 13.9. The monoisotopic (exact) mass is 642 g/mol. The maximum atomic E-state index is 13.9. The maximum Gasteiger partial charge on any atom is 0.244 e. The van der Waals surface area contributed by atoms with Gasteiger partial charge >= 0.3 is 0 Å². The fourth-order valence-electron chi connectivity index (χ4n) is 6.25. The molecule has 0 aliphatic carbocycles. The van der Waals surface area contributed by atoms with Crippen molar-refractivity contribution in [3.63, 3.8) is 0 Å². The largest absolute Gasteiger partial charge is 0.381 e. The molecule has 3 aliphatic heterocycles. The summed E-state index contributed by atoms with van der Waals surface area (Å²) in [5, 5.41) is 10.2. The zero-order valence-corrected chi connectivity index (χ0v) is 26.2. The summed E-state index contributed by atoms with van der Waals surface area (Å²) in [4.78, 5) is 30.9. The highest BCUT2D eigenvalue weighted by Crippen LogP contribution is 2.43. The van der Waals surface area contributed by atoms with E-state index in [1.807, 2.05) is 12.1 Å². The van der Waals surface area contributed by atoms with Crippen LogP contribution in [0.4, 0.5) is 20.2 Å². The Morgan fingerprint density at radius 1 is 1.09 bits per heavy atom. The van der Waals surface area contributed by atoms with Gasteiger partial charge in [0.05, 0.1) is 40.8 Å². The molecule has 1 unspecified atom stereocenters. The first-order valence-corrected chi connectivity index (χ1v) is 16.3. The number of ketones is 1. The van der Waals surface area contributed by atoms with Gasteiger partial charge in [0, 0.05) is 67.9 Å². The van der Waals surface area contributed by atoms with Crippen LogP contribution in [0, 0.1) is 17.6 Å². The second-order valence-corrected chi connectivity index (χ2v) is 14.2. The lowest BCUT2D eigenvalue weighted by Gasteiger charge is -2.34. The number of H-pyrrole nitrogens is 1. The van der Waals surface area contributed by atoms with E-state index in [0.717, 1.165) is 48.3 Å². The minimum Gasteiger partial charge on any atom is -0.381 e. The van der Waals surface area contributed by atoms with Gasteiger partial charge in [0.2, 0.25) is 15.9 Å². The van der Waals surface area contributed by atoms with Gasteiger partial charge in [0.1, 0.15) is 11.6 Å². The zero-order chi connectivity index (χ0) is 32.1. The van der Waals surface area contributed by atoms with Crippen LogP contribution in [0.3, 0.4) is 0 Å². The molecule has 0 spiro atoms. The third-order valence-electron chi connectivity index (χ3n) is 8.95. The second-order valence-electron chi connectivity index (χ2n) is 12.4. The van der Waals surface area contributed by atoms with Crippen molar-refractivity contribution >= 4 is 33.1 Å². The van der Waals surface area contributed by atoms with Crippen molar-refractivity contribution in [1.29, 1.82) is 0 Å². The Morgan fingerprint density at radius 3 is 2.47 bits per heavy atom. The molecule has 0 saturated carbocycles. The summed E-state index contributed by atoms with van der Waals surface area (Å²) in [5.41, 5.74) is 1.83. The van der Waals surface area contributed by atoms with Gasteiger partial charge in [0.15, 0.2) is 5.78 Å². The fraction of sp³-hybridized carbons (Fsp3) is 0.452. The Balaban J connectivity index is 1.27. The van der Waals surface area contributed by atoms with Gasteiger partial charge in [0.25, 0.3) is 0 Å².